The predicted molar refractivity (Wildman–Crippen MR) is 153 cm³/mol. The van der Waals surface area contributed by atoms with Gasteiger partial charge in [0.1, 0.15) is 11.5 Å². The summed E-state index contributed by atoms with van der Waals surface area (Å²) < 4.78 is 11.4. The van der Waals surface area contributed by atoms with Crippen LogP contribution in [0.4, 0.5) is 0 Å². The number of amides is 2. The molecule has 0 aromatic heterocycles. The molecule has 4 aliphatic carbocycles. The van der Waals surface area contributed by atoms with E-state index < -0.39 is 5.91 Å². The number of benzene rings is 2. The van der Waals surface area contributed by atoms with Crippen molar-refractivity contribution in [1.82, 2.24) is 10.4 Å². The minimum atomic E-state index is -0.413. The highest BCUT2D eigenvalue weighted by Gasteiger charge is 2.51. The van der Waals surface area contributed by atoms with Gasteiger partial charge in [0.2, 0.25) is 0 Å². The number of thiocarbonyl (C=S) groups is 1. The summed E-state index contributed by atoms with van der Waals surface area (Å²) in [4.78, 5) is 26.6. The zero-order valence-electron chi connectivity index (χ0n) is 21.7. The van der Waals surface area contributed by atoms with Crippen LogP contribution in [0.1, 0.15) is 66.9 Å². The number of carbonyl (C=O) groups excluding carboxylic acids is 2. The molecule has 0 atom stereocenters. The third-order valence-electron chi connectivity index (χ3n) is 8.61. The molecule has 2 amide bonds. The second-order valence-corrected chi connectivity index (χ2v) is 12.7. The van der Waals surface area contributed by atoms with Crippen LogP contribution in [0.3, 0.4) is 0 Å². The van der Waals surface area contributed by atoms with Gasteiger partial charge in [-0.05, 0) is 129 Å². The fourth-order valence-electron chi connectivity index (χ4n) is 7.36. The van der Waals surface area contributed by atoms with Crippen LogP contribution < -0.4 is 14.9 Å². The molecule has 4 saturated carbocycles. The molecule has 5 aliphatic rings. The zero-order valence-corrected chi connectivity index (χ0v) is 23.3. The molecule has 8 heteroatoms. The Morgan fingerprint density at radius 3 is 2.37 bits per heavy atom. The van der Waals surface area contributed by atoms with Gasteiger partial charge in [-0.25, -0.2) is 0 Å². The van der Waals surface area contributed by atoms with Crippen molar-refractivity contribution in [3.05, 3.63) is 64.1 Å². The fourth-order valence-corrected chi connectivity index (χ4v) is 8.53. The predicted octanol–water partition coefficient (Wildman–Crippen LogP) is 6.11. The quantitative estimate of drug-likeness (QED) is 0.333. The van der Waals surface area contributed by atoms with E-state index in [-0.39, 0.29) is 11.3 Å². The maximum atomic E-state index is 13.3. The molecule has 1 N–H and O–H groups in total. The van der Waals surface area contributed by atoms with Crippen molar-refractivity contribution in [1.29, 1.82) is 0 Å². The van der Waals surface area contributed by atoms with Crippen LogP contribution in [0.15, 0.2) is 47.4 Å². The molecular weight excluding hydrogens is 516 g/mol. The molecule has 2 aromatic carbocycles. The van der Waals surface area contributed by atoms with E-state index in [1.54, 1.807) is 31.4 Å². The average Bonchev–Trinajstić information content (AvgIpc) is 3.16. The SMILES string of the molecule is CCOc1ccc(C23CC4CC(CC(C4)C2)C3)cc1/C=C1/SC(=S)N(NC(=O)c2ccc(OC)cc2)C1=O. The molecule has 38 heavy (non-hydrogen) atoms. The number of carbonyl (C=O) groups is 2. The van der Waals surface area contributed by atoms with Crippen molar-refractivity contribution < 1.29 is 19.1 Å². The highest BCUT2D eigenvalue weighted by atomic mass is 32.2. The molecule has 6 nitrogen and oxygen atoms in total. The first kappa shape index (κ1) is 25.4. The van der Waals surface area contributed by atoms with Gasteiger partial charge < -0.3 is 9.47 Å². The van der Waals surface area contributed by atoms with Crippen molar-refractivity contribution in [3.8, 4) is 11.5 Å². The Bertz CT molecular complexity index is 1280. The molecule has 198 valence electrons. The highest BCUT2D eigenvalue weighted by Crippen LogP contribution is 2.61. The molecule has 2 aromatic rings. The molecular formula is C30H32N2O4S2. The van der Waals surface area contributed by atoms with Crippen molar-refractivity contribution in [3.63, 3.8) is 0 Å². The maximum absolute atomic E-state index is 13.3. The number of ether oxygens (including phenoxy) is 2. The molecule has 1 heterocycles. The number of nitrogens with zero attached hydrogens (tertiary/aromatic N) is 1. The van der Waals surface area contributed by atoms with Gasteiger partial charge in [-0.2, -0.15) is 5.01 Å². The molecule has 0 unspecified atom stereocenters. The second-order valence-electron chi connectivity index (χ2n) is 11.1. The van der Waals surface area contributed by atoms with Crippen molar-refractivity contribution >= 4 is 46.2 Å². The minimum Gasteiger partial charge on any atom is -0.497 e. The lowest BCUT2D eigenvalue weighted by atomic mass is 9.48. The van der Waals surface area contributed by atoms with E-state index in [1.807, 2.05) is 13.0 Å². The molecule has 0 radical (unpaired) electrons. The molecule has 1 aliphatic heterocycles. The van der Waals surface area contributed by atoms with E-state index in [0.29, 0.717) is 27.1 Å². The normalized spacial score (nSPS) is 28.7. The first-order valence-electron chi connectivity index (χ1n) is 13.4. The Morgan fingerprint density at radius 2 is 1.76 bits per heavy atom. The van der Waals surface area contributed by atoms with Crippen LogP contribution in [0, 0.1) is 17.8 Å². The Hall–Kier alpha value is -2.84. The lowest BCUT2D eigenvalue weighted by Crippen LogP contribution is -2.48. The first-order valence-corrected chi connectivity index (χ1v) is 14.6. The van der Waals surface area contributed by atoms with Crippen LogP contribution in [0.2, 0.25) is 0 Å². The van der Waals surface area contributed by atoms with E-state index in [4.69, 9.17) is 21.7 Å². The average molecular weight is 549 g/mol. The summed E-state index contributed by atoms with van der Waals surface area (Å²) in [5.41, 5.74) is 5.57. The van der Waals surface area contributed by atoms with Gasteiger partial charge in [0, 0.05) is 11.1 Å². The Morgan fingerprint density at radius 1 is 1.11 bits per heavy atom. The van der Waals surface area contributed by atoms with E-state index >= 15 is 0 Å². The van der Waals surface area contributed by atoms with E-state index in [9.17, 15) is 9.59 Å². The number of methoxy groups -OCH3 is 1. The molecule has 0 spiro atoms. The third kappa shape index (κ3) is 4.62. The monoisotopic (exact) mass is 548 g/mol. The summed E-state index contributed by atoms with van der Waals surface area (Å²) in [6.07, 6.45) is 9.87. The van der Waals surface area contributed by atoms with Gasteiger partial charge in [0.25, 0.3) is 11.8 Å². The summed E-state index contributed by atoms with van der Waals surface area (Å²) in [5, 5.41) is 1.15. The summed E-state index contributed by atoms with van der Waals surface area (Å²) in [6, 6.07) is 13.2. The van der Waals surface area contributed by atoms with Crippen LogP contribution >= 0.6 is 24.0 Å². The first-order chi connectivity index (χ1) is 18.4. The van der Waals surface area contributed by atoms with E-state index in [2.05, 4.69) is 23.6 Å². The van der Waals surface area contributed by atoms with Crippen LogP contribution in [0.5, 0.6) is 11.5 Å². The zero-order chi connectivity index (χ0) is 26.4. The lowest BCUT2D eigenvalue weighted by Gasteiger charge is -2.57. The molecule has 4 bridgehead atoms. The van der Waals surface area contributed by atoms with Gasteiger partial charge in [0.15, 0.2) is 4.32 Å². The van der Waals surface area contributed by atoms with Crippen molar-refractivity contribution in [2.24, 2.45) is 17.8 Å². The van der Waals surface area contributed by atoms with E-state index in [0.717, 1.165) is 34.1 Å². The van der Waals surface area contributed by atoms with Gasteiger partial charge in [0.05, 0.1) is 18.6 Å². The molecule has 1 saturated heterocycles. The fraction of sp³-hybridized carbons (Fsp3) is 0.433. The van der Waals surface area contributed by atoms with E-state index in [1.165, 1.54) is 55.9 Å². The standard InChI is InChI=1S/C30H32N2O4S2/c1-3-36-25-9-6-23(30-15-18-10-19(16-30)12-20(11-18)17-30)13-22(25)14-26-28(34)32(29(37)38-26)31-27(33)21-4-7-24(35-2)8-5-21/h4-9,13-14,18-20H,3,10-12,15-17H2,1-2H3,(H,31,33)/b26-14+. The van der Waals surface area contributed by atoms with Crippen LogP contribution in [0.25, 0.3) is 6.08 Å². The number of thioether (sulfide) groups is 1. The van der Waals surface area contributed by atoms with Crippen LogP contribution in [-0.4, -0.2) is 34.9 Å². The Labute approximate surface area is 233 Å². The number of hydrazine groups is 1. The molecule has 5 fully saturated rings. The van der Waals surface area contributed by atoms with Gasteiger partial charge in [-0.15, -0.1) is 0 Å². The van der Waals surface area contributed by atoms with Gasteiger partial charge >= 0.3 is 0 Å². The smallest absolute Gasteiger partial charge is 0.285 e. The second kappa shape index (κ2) is 10.0. The largest absolute Gasteiger partial charge is 0.497 e. The van der Waals surface area contributed by atoms with Crippen molar-refractivity contribution in [2.75, 3.05) is 13.7 Å². The summed E-state index contributed by atoms with van der Waals surface area (Å²) in [6.45, 7) is 2.50. The van der Waals surface area contributed by atoms with Crippen LogP contribution in [-0.2, 0) is 10.2 Å². The Kier molecular flexibility index (Phi) is 6.72. The summed E-state index contributed by atoms with van der Waals surface area (Å²) >= 11 is 6.66. The van der Waals surface area contributed by atoms with Crippen molar-refractivity contribution in [2.45, 2.75) is 50.9 Å². The highest BCUT2D eigenvalue weighted by molar-refractivity contribution is 8.26. The molecule has 7 rings (SSSR count). The van der Waals surface area contributed by atoms with Gasteiger partial charge in [-0.1, -0.05) is 17.8 Å². The maximum Gasteiger partial charge on any atom is 0.285 e. The summed E-state index contributed by atoms with van der Waals surface area (Å²) in [5.74, 6) is 3.20. The third-order valence-corrected chi connectivity index (χ3v) is 9.91. The Balaban J connectivity index is 1.26. The number of hydrogen-bond acceptors (Lipinski definition) is 6. The van der Waals surface area contributed by atoms with Gasteiger partial charge in [-0.3, -0.25) is 15.0 Å². The lowest BCUT2D eigenvalue weighted by molar-refractivity contribution is -0.123. The topological polar surface area (TPSA) is 67.9 Å². The number of nitrogens with one attached hydrogen (secondary N) is 1. The summed E-state index contributed by atoms with van der Waals surface area (Å²) in [7, 11) is 1.57. The number of rotatable bonds is 7. The minimum absolute atomic E-state index is 0.243. The number of hydrogen-bond donors (Lipinski definition) is 1.